The highest BCUT2D eigenvalue weighted by molar-refractivity contribution is 5.76. The van der Waals surface area contributed by atoms with Gasteiger partial charge in [-0.25, -0.2) is 0 Å². The van der Waals surface area contributed by atoms with Crippen LogP contribution in [0.2, 0.25) is 0 Å². The molecule has 1 aliphatic rings. The van der Waals surface area contributed by atoms with E-state index in [1.165, 1.54) is 0 Å². The van der Waals surface area contributed by atoms with Crippen molar-refractivity contribution in [3.63, 3.8) is 0 Å². The molecule has 2 N–H and O–H groups in total. The van der Waals surface area contributed by atoms with Crippen LogP contribution in [0.15, 0.2) is 24.3 Å². The molecule has 1 saturated heterocycles. The van der Waals surface area contributed by atoms with Crippen LogP contribution in [0, 0.1) is 17.2 Å². The van der Waals surface area contributed by atoms with Gasteiger partial charge in [-0.2, -0.15) is 5.26 Å². The second-order valence-corrected chi connectivity index (χ2v) is 4.76. The second kappa shape index (κ2) is 5.65. The number of carbonyl (C=O) groups excluding carboxylic acids is 1. The molecule has 0 saturated carbocycles. The number of hydrogen-bond acceptors (Lipinski definition) is 3. The fourth-order valence-corrected chi connectivity index (χ4v) is 2.37. The number of amides is 1. The van der Waals surface area contributed by atoms with Gasteiger partial charge in [-0.3, -0.25) is 9.69 Å². The van der Waals surface area contributed by atoms with Gasteiger partial charge in [-0.15, -0.1) is 0 Å². The number of nitriles is 1. The Morgan fingerprint density at radius 2 is 2.17 bits per heavy atom. The number of primary amides is 1. The van der Waals surface area contributed by atoms with Gasteiger partial charge in [0.25, 0.3) is 0 Å². The zero-order valence-electron chi connectivity index (χ0n) is 10.3. The maximum absolute atomic E-state index is 11.1. The third-order valence-electron chi connectivity index (χ3n) is 3.45. The van der Waals surface area contributed by atoms with E-state index in [9.17, 15) is 4.79 Å². The lowest BCUT2D eigenvalue weighted by Gasteiger charge is -2.30. The molecule has 4 nitrogen and oxygen atoms in total. The summed E-state index contributed by atoms with van der Waals surface area (Å²) >= 11 is 0. The molecule has 0 spiro atoms. The molecule has 0 unspecified atom stereocenters. The van der Waals surface area contributed by atoms with Crippen LogP contribution in [0.4, 0.5) is 0 Å². The van der Waals surface area contributed by atoms with Gasteiger partial charge in [-0.05, 0) is 43.6 Å². The van der Waals surface area contributed by atoms with E-state index >= 15 is 0 Å². The van der Waals surface area contributed by atoms with Gasteiger partial charge in [0, 0.05) is 12.5 Å². The Balaban J connectivity index is 1.91. The summed E-state index contributed by atoms with van der Waals surface area (Å²) in [5.74, 6) is -0.146. The summed E-state index contributed by atoms with van der Waals surface area (Å²) in [5, 5.41) is 8.85. The van der Waals surface area contributed by atoms with Crippen molar-refractivity contribution in [2.45, 2.75) is 19.4 Å². The molecule has 1 fully saturated rings. The molecule has 1 aromatic rings. The van der Waals surface area contributed by atoms with E-state index in [4.69, 9.17) is 11.0 Å². The molecule has 2 rings (SSSR count). The van der Waals surface area contributed by atoms with Crippen LogP contribution in [0.25, 0.3) is 0 Å². The normalized spacial score (nSPS) is 17.3. The van der Waals surface area contributed by atoms with Crippen LogP contribution < -0.4 is 5.73 Å². The molecule has 0 aliphatic carbocycles. The first-order valence-corrected chi connectivity index (χ1v) is 6.20. The summed E-state index contributed by atoms with van der Waals surface area (Å²) in [6.07, 6.45) is 1.68. The van der Waals surface area contributed by atoms with Gasteiger partial charge in [0.15, 0.2) is 0 Å². The molecule has 0 bridgehead atoms. The standard InChI is InChI=1S/C14H17N3O/c15-9-11-2-1-3-12(8-11)10-17-6-4-13(5-7-17)14(16)18/h1-3,8,13H,4-7,10H2,(H2,16,18). The molecule has 1 amide bonds. The fourth-order valence-electron chi connectivity index (χ4n) is 2.37. The van der Waals surface area contributed by atoms with E-state index in [0.717, 1.165) is 38.0 Å². The van der Waals surface area contributed by atoms with Crippen molar-refractivity contribution in [1.29, 1.82) is 5.26 Å². The second-order valence-electron chi connectivity index (χ2n) is 4.76. The van der Waals surface area contributed by atoms with Gasteiger partial charge >= 0.3 is 0 Å². The Kier molecular flexibility index (Phi) is 3.96. The SMILES string of the molecule is N#Cc1cccc(CN2CCC(C(N)=O)CC2)c1. The molecule has 18 heavy (non-hydrogen) atoms. The van der Waals surface area contributed by atoms with Crippen LogP contribution in [0.1, 0.15) is 24.0 Å². The van der Waals surface area contributed by atoms with Crippen molar-refractivity contribution in [2.75, 3.05) is 13.1 Å². The topological polar surface area (TPSA) is 70.1 Å². The number of nitrogens with zero attached hydrogens (tertiary/aromatic N) is 2. The molecule has 1 heterocycles. The third kappa shape index (κ3) is 3.08. The zero-order valence-corrected chi connectivity index (χ0v) is 10.3. The van der Waals surface area contributed by atoms with Gasteiger partial charge in [0.05, 0.1) is 11.6 Å². The highest BCUT2D eigenvalue weighted by Gasteiger charge is 2.22. The van der Waals surface area contributed by atoms with Gasteiger partial charge in [0.1, 0.15) is 0 Å². The van der Waals surface area contributed by atoms with E-state index in [0.29, 0.717) is 5.56 Å². The molecular formula is C14H17N3O. The van der Waals surface area contributed by atoms with Crippen LogP contribution >= 0.6 is 0 Å². The predicted molar refractivity (Wildman–Crippen MR) is 68.4 cm³/mol. The van der Waals surface area contributed by atoms with Crippen LogP contribution in [-0.4, -0.2) is 23.9 Å². The Labute approximate surface area is 107 Å². The fraction of sp³-hybridized carbons (Fsp3) is 0.429. The maximum Gasteiger partial charge on any atom is 0.220 e. The smallest absolute Gasteiger partial charge is 0.220 e. The van der Waals surface area contributed by atoms with Crippen molar-refractivity contribution >= 4 is 5.91 Å². The molecule has 1 aromatic carbocycles. The summed E-state index contributed by atoms with van der Waals surface area (Å²) in [6, 6.07) is 9.81. The van der Waals surface area contributed by atoms with Gasteiger partial charge in [0.2, 0.25) is 5.91 Å². The van der Waals surface area contributed by atoms with E-state index in [1.807, 2.05) is 24.3 Å². The summed E-state index contributed by atoms with van der Waals surface area (Å²) in [5.41, 5.74) is 7.15. The number of rotatable bonds is 3. The molecule has 94 valence electrons. The summed E-state index contributed by atoms with van der Waals surface area (Å²) in [6.45, 7) is 2.62. The van der Waals surface area contributed by atoms with Crippen molar-refractivity contribution in [1.82, 2.24) is 4.90 Å². The van der Waals surface area contributed by atoms with Crippen LogP contribution in [0.3, 0.4) is 0 Å². The Morgan fingerprint density at radius 1 is 1.44 bits per heavy atom. The molecular weight excluding hydrogens is 226 g/mol. The van der Waals surface area contributed by atoms with Crippen molar-refractivity contribution in [2.24, 2.45) is 11.7 Å². The largest absolute Gasteiger partial charge is 0.369 e. The first-order valence-electron chi connectivity index (χ1n) is 6.20. The number of hydrogen-bond donors (Lipinski definition) is 1. The average Bonchev–Trinajstić information content (AvgIpc) is 2.39. The molecule has 0 atom stereocenters. The molecule has 4 heteroatoms. The highest BCUT2D eigenvalue weighted by atomic mass is 16.1. The Hall–Kier alpha value is -1.86. The van der Waals surface area contributed by atoms with Crippen molar-refractivity contribution < 1.29 is 4.79 Å². The first-order chi connectivity index (χ1) is 8.69. The lowest BCUT2D eigenvalue weighted by Crippen LogP contribution is -2.38. The minimum atomic E-state index is -0.180. The quantitative estimate of drug-likeness (QED) is 0.868. The monoisotopic (exact) mass is 243 g/mol. The number of carbonyl (C=O) groups is 1. The zero-order chi connectivity index (χ0) is 13.0. The summed E-state index contributed by atoms with van der Waals surface area (Å²) in [7, 11) is 0. The first kappa shape index (κ1) is 12.6. The minimum absolute atomic E-state index is 0.0340. The molecule has 0 radical (unpaired) electrons. The predicted octanol–water partition coefficient (Wildman–Crippen LogP) is 1.26. The number of piperidine rings is 1. The van der Waals surface area contributed by atoms with E-state index < -0.39 is 0 Å². The summed E-state index contributed by atoms with van der Waals surface area (Å²) in [4.78, 5) is 13.4. The molecule has 1 aliphatic heterocycles. The Morgan fingerprint density at radius 3 is 2.78 bits per heavy atom. The van der Waals surface area contributed by atoms with Gasteiger partial charge < -0.3 is 5.73 Å². The van der Waals surface area contributed by atoms with E-state index in [1.54, 1.807) is 0 Å². The number of likely N-dealkylation sites (tertiary alicyclic amines) is 1. The van der Waals surface area contributed by atoms with Gasteiger partial charge in [-0.1, -0.05) is 12.1 Å². The molecule has 0 aromatic heterocycles. The lowest BCUT2D eigenvalue weighted by molar-refractivity contribution is -0.123. The highest BCUT2D eigenvalue weighted by Crippen LogP contribution is 2.18. The maximum atomic E-state index is 11.1. The Bertz CT molecular complexity index is 470. The van der Waals surface area contributed by atoms with Crippen molar-refractivity contribution in [3.8, 4) is 6.07 Å². The number of benzene rings is 1. The van der Waals surface area contributed by atoms with Crippen LogP contribution in [-0.2, 0) is 11.3 Å². The van der Waals surface area contributed by atoms with E-state index in [2.05, 4.69) is 11.0 Å². The lowest BCUT2D eigenvalue weighted by atomic mass is 9.96. The average molecular weight is 243 g/mol. The van der Waals surface area contributed by atoms with Crippen LogP contribution in [0.5, 0.6) is 0 Å². The third-order valence-corrected chi connectivity index (χ3v) is 3.45. The minimum Gasteiger partial charge on any atom is -0.369 e. The summed E-state index contributed by atoms with van der Waals surface area (Å²) < 4.78 is 0. The number of nitrogens with two attached hydrogens (primary N) is 1. The van der Waals surface area contributed by atoms with Crippen molar-refractivity contribution in [3.05, 3.63) is 35.4 Å². The van der Waals surface area contributed by atoms with E-state index in [-0.39, 0.29) is 11.8 Å².